The van der Waals surface area contributed by atoms with Crippen LogP contribution in [0.15, 0.2) is 64.0 Å². The number of aromatic nitrogens is 1. The zero-order valence-electron chi connectivity index (χ0n) is 23.6. The van der Waals surface area contributed by atoms with E-state index >= 15 is 0 Å². The van der Waals surface area contributed by atoms with E-state index in [1.807, 2.05) is 18.2 Å². The minimum atomic E-state index is -0.956. The van der Waals surface area contributed by atoms with E-state index in [-0.39, 0.29) is 16.8 Å². The maximum absolute atomic E-state index is 13.3. The normalized spacial score (nSPS) is 33.5. The molecular weight excluding hydrogens is 510 g/mol. The van der Waals surface area contributed by atoms with E-state index in [2.05, 4.69) is 34.4 Å². The Hall–Kier alpha value is -3.69. The fourth-order valence-electron chi connectivity index (χ4n) is 9.38. The van der Waals surface area contributed by atoms with Crippen LogP contribution in [0, 0.1) is 41.4 Å². The molecule has 6 nitrogen and oxygen atoms in total. The molecule has 41 heavy (non-hydrogen) atoms. The Kier molecular flexibility index (Phi) is 6.21. The Morgan fingerprint density at radius 1 is 1.07 bits per heavy atom. The second-order valence-corrected chi connectivity index (χ2v) is 12.7. The van der Waals surface area contributed by atoms with Crippen molar-refractivity contribution < 1.29 is 9.90 Å². The summed E-state index contributed by atoms with van der Waals surface area (Å²) >= 11 is 0. The highest BCUT2D eigenvalue weighted by Crippen LogP contribution is 2.66. The first-order valence-electron chi connectivity index (χ1n) is 15.2. The van der Waals surface area contributed by atoms with Gasteiger partial charge in [-0.05, 0) is 112 Å². The van der Waals surface area contributed by atoms with Crippen LogP contribution in [0.5, 0.6) is 0 Å². The van der Waals surface area contributed by atoms with Gasteiger partial charge in [-0.3, -0.25) is 9.59 Å². The van der Waals surface area contributed by atoms with Crippen LogP contribution in [-0.2, 0) is 0 Å². The predicted molar refractivity (Wildman–Crippen MR) is 162 cm³/mol. The number of nitrogens with one attached hydrogen (secondary N) is 2. The fraction of sp³-hybridized carbons (Fsp3) is 0.457. The maximum Gasteiger partial charge on any atom is 0.273 e. The highest BCUT2D eigenvalue weighted by molar-refractivity contribution is 6.08. The monoisotopic (exact) mass is 547 g/mol. The number of nitrogens with zero attached hydrogens (tertiary/aromatic N) is 1. The minimum Gasteiger partial charge on any atom is -0.377 e. The van der Waals surface area contributed by atoms with Gasteiger partial charge in [-0.1, -0.05) is 36.6 Å². The van der Waals surface area contributed by atoms with Crippen molar-refractivity contribution in [3.05, 3.63) is 69.9 Å². The number of aliphatic hydroxyl groups is 1. The molecule has 3 aromatic rings. The van der Waals surface area contributed by atoms with Crippen LogP contribution >= 0.6 is 0 Å². The van der Waals surface area contributed by atoms with Crippen molar-refractivity contribution in [2.45, 2.75) is 70.3 Å². The average molecular weight is 548 g/mol. The molecule has 0 spiro atoms. The highest BCUT2D eigenvalue weighted by atomic mass is 16.3. The smallest absolute Gasteiger partial charge is 0.273 e. The summed E-state index contributed by atoms with van der Waals surface area (Å²) in [5.74, 6) is 4.81. The molecule has 3 N–H and O–H groups in total. The third-order valence-electron chi connectivity index (χ3n) is 11.3. The van der Waals surface area contributed by atoms with Gasteiger partial charge in [0.2, 0.25) is 0 Å². The Morgan fingerprint density at radius 3 is 2.73 bits per heavy atom. The number of benzene rings is 2. The molecule has 210 valence electrons. The SMILES string of the molecule is C#C[C@]1(O)CC[C@H]2[C@@H]3CCC4=C/C(=N\NC(=O)c5cccc6c(=O)c7ccccc7[nH]c56)CC[C@@H]4[C@H]3CC[C@@]21CC. The molecule has 7 rings (SSSR count). The van der Waals surface area contributed by atoms with Crippen molar-refractivity contribution in [1.82, 2.24) is 10.4 Å². The summed E-state index contributed by atoms with van der Waals surface area (Å²) < 4.78 is 0. The number of rotatable bonds is 3. The molecule has 0 radical (unpaired) electrons. The topological polar surface area (TPSA) is 94.6 Å². The van der Waals surface area contributed by atoms with Crippen molar-refractivity contribution in [1.29, 1.82) is 0 Å². The number of carbonyl (C=O) groups is 1. The lowest BCUT2D eigenvalue weighted by molar-refractivity contribution is -0.0989. The van der Waals surface area contributed by atoms with Gasteiger partial charge in [-0.15, -0.1) is 6.42 Å². The second kappa shape index (κ2) is 9.70. The van der Waals surface area contributed by atoms with Crippen LogP contribution in [0.1, 0.15) is 75.1 Å². The van der Waals surface area contributed by atoms with E-state index in [1.165, 1.54) is 5.57 Å². The van der Waals surface area contributed by atoms with Crippen molar-refractivity contribution in [3.8, 4) is 12.3 Å². The van der Waals surface area contributed by atoms with Gasteiger partial charge in [-0.2, -0.15) is 5.10 Å². The molecule has 4 aliphatic carbocycles. The van der Waals surface area contributed by atoms with Gasteiger partial charge < -0.3 is 10.1 Å². The summed E-state index contributed by atoms with van der Waals surface area (Å²) in [5.41, 5.74) is 5.60. The first kappa shape index (κ1) is 26.2. The van der Waals surface area contributed by atoms with E-state index in [9.17, 15) is 14.7 Å². The number of fused-ring (bicyclic) bond motifs is 7. The number of hydrogen-bond acceptors (Lipinski definition) is 4. The van der Waals surface area contributed by atoms with E-state index < -0.39 is 5.60 Å². The third-order valence-corrected chi connectivity index (χ3v) is 11.3. The Bertz CT molecular complexity index is 1730. The molecule has 3 fully saturated rings. The number of hydrazone groups is 1. The molecule has 1 aromatic heterocycles. The van der Waals surface area contributed by atoms with E-state index in [0.29, 0.717) is 51.0 Å². The van der Waals surface area contributed by atoms with Crippen LogP contribution in [0.2, 0.25) is 0 Å². The number of carbonyl (C=O) groups excluding carboxylic acids is 1. The summed E-state index contributed by atoms with van der Waals surface area (Å²) in [6, 6.07) is 12.6. The van der Waals surface area contributed by atoms with Gasteiger partial charge >= 0.3 is 0 Å². The van der Waals surface area contributed by atoms with Gasteiger partial charge in [0, 0.05) is 21.7 Å². The molecule has 6 atom stereocenters. The Labute approximate surface area is 240 Å². The van der Waals surface area contributed by atoms with Gasteiger partial charge in [0.1, 0.15) is 5.60 Å². The van der Waals surface area contributed by atoms with Crippen LogP contribution in [-0.4, -0.2) is 27.3 Å². The number of allylic oxidation sites excluding steroid dienone is 2. The number of para-hydroxylation sites is 2. The average Bonchev–Trinajstić information content (AvgIpc) is 3.32. The highest BCUT2D eigenvalue weighted by Gasteiger charge is 2.63. The summed E-state index contributed by atoms with van der Waals surface area (Å²) in [5, 5.41) is 17.0. The quantitative estimate of drug-likeness (QED) is 0.210. The lowest BCUT2D eigenvalue weighted by atomic mass is 9.49. The summed E-state index contributed by atoms with van der Waals surface area (Å²) in [7, 11) is 0. The zero-order valence-corrected chi connectivity index (χ0v) is 23.6. The molecule has 0 unspecified atom stereocenters. The minimum absolute atomic E-state index is 0.0885. The predicted octanol–water partition coefficient (Wildman–Crippen LogP) is 6.09. The van der Waals surface area contributed by atoms with Gasteiger partial charge in [0.25, 0.3) is 5.91 Å². The van der Waals surface area contributed by atoms with Gasteiger partial charge in [-0.25, -0.2) is 5.43 Å². The number of H-pyrrole nitrogens is 1. The van der Waals surface area contributed by atoms with E-state index in [1.54, 1.807) is 24.3 Å². The van der Waals surface area contributed by atoms with Crippen molar-refractivity contribution in [3.63, 3.8) is 0 Å². The van der Waals surface area contributed by atoms with Gasteiger partial charge in [0.05, 0.1) is 16.8 Å². The number of pyridine rings is 1. The van der Waals surface area contributed by atoms with Gasteiger partial charge in [0.15, 0.2) is 5.43 Å². The number of hydrogen-bond donors (Lipinski definition) is 3. The van der Waals surface area contributed by atoms with Crippen molar-refractivity contribution in [2.24, 2.45) is 34.2 Å². The standard InChI is InChI=1S/C35H37N3O3/c1-3-34-18-16-24-23-15-13-22(20-21(23)12-14-25(24)29(34)17-19-35(34,41)4-2)37-38-33(40)28-10-7-9-27-31(28)36-30-11-6-5-8-26(30)32(27)39/h2,5-11,20,23-25,29,41H,3,12-19H2,1H3,(H,36,39)(H,38,40)/b37-22-/t23-,24+,25+,29-,34-,35-/m0/s1. The number of terminal acetylenes is 1. The second-order valence-electron chi connectivity index (χ2n) is 12.7. The summed E-state index contributed by atoms with van der Waals surface area (Å²) in [6.07, 6.45) is 17.0. The summed E-state index contributed by atoms with van der Waals surface area (Å²) in [6.45, 7) is 2.21. The molecule has 4 aliphatic rings. The molecule has 0 bridgehead atoms. The fourth-order valence-corrected chi connectivity index (χ4v) is 9.38. The van der Waals surface area contributed by atoms with Crippen LogP contribution in [0.3, 0.4) is 0 Å². The lowest BCUT2D eigenvalue weighted by Gasteiger charge is -2.56. The molecule has 1 heterocycles. The first-order chi connectivity index (χ1) is 19.9. The van der Waals surface area contributed by atoms with Crippen molar-refractivity contribution >= 4 is 33.4 Å². The molecule has 0 aliphatic heterocycles. The summed E-state index contributed by atoms with van der Waals surface area (Å²) in [4.78, 5) is 29.6. The first-order valence-corrected chi connectivity index (χ1v) is 15.2. The third kappa shape index (κ3) is 3.85. The van der Waals surface area contributed by atoms with Crippen molar-refractivity contribution in [2.75, 3.05) is 0 Å². The van der Waals surface area contributed by atoms with Crippen LogP contribution < -0.4 is 10.9 Å². The Morgan fingerprint density at radius 2 is 1.90 bits per heavy atom. The molecule has 1 amide bonds. The largest absolute Gasteiger partial charge is 0.377 e. The number of amides is 1. The number of aromatic amines is 1. The zero-order chi connectivity index (χ0) is 28.4. The Balaban J connectivity index is 1.11. The van der Waals surface area contributed by atoms with E-state index in [0.717, 1.165) is 63.5 Å². The molecule has 2 aromatic carbocycles. The van der Waals surface area contributed by atoms with Crippen LogP contribution in [0.4, 0.5) is 0 Å². The lowest BCUT2D eigenvalue weighted by Crippen LogP contribution is -2.53. The molecule has 3 saturated carbocycles. The molecular formula is C35H37N3O3. The molecule has 0 saturated heterocycles. The van der Waals surface area contributed by atoms with E-state index in [4.69, 9.17) is 6.42 Å². The van der Waals surface area contributed by atoms with Crippen LogP contribution in [0.25, 0.3) is 21.8 Å². The maximum atomic E-state index is 13.3. The molecule has 6 heteroatoms.